The minimum atomic E-state index is -0.732. The first-order chi connectivity index (χ1) is 13.5. The second kappa shape index (κ2) is 7.13. The fraction of sp³-hybridized carbons (Fsp3) is 0.389. The van der Waals surface area contributed by atoms with Crippen molar-refractivity contribution in [3.63, 3.8) is 0 Å². The number of nitrogens with zero attached hydrogens (tertiary/aromatic N) is 7. The Morgan fingerprint density at radius 1 is 1.32 bits per heavy atom. The SMILES string of the molecule is CN(C)[C@]1(c2ccccc2)CCN(C(=O)c2cc(-n3cnnn3)n[nH]2)C[C@H]1O. The van der Waals surface area contributed by atoms with Gasteiger partial charge in [0, 0.05) is 19.2 Å². The quantitative estimate of drug-likeness (QED) is 0.655. The van der Waals surface area contributed by atoms with Gasteiger partial charge >= 0.3 is 0 Å². The molecule has 0 aliphatic carbocycles. The van der Waals surface area contributed by atoms with E-state index in [2.05, 4.69) is 25.7 Å². The van der Waals surface area contributed by atoms with Gasteiger partial charge in [0.1, 0.15) is 12.0 Å². The molecule has 10 nitrogen and oxygen atoms in total. The molecule has 1 amide bonds. The molecule has 10 heteroatoms. The van der Waals surface area contributed by atoms with E-state index in [4.69, 9.17) is 0 Å². The number of aromatic amines is 1. The van der Waals surface area contributed by atoms with Gasteiger partial charge < -0.3 is 10.0 Å². The van der Waals surface area contributed by atoms with Crippen LogP contribution in [0.1, 0.15) is 22.5 Å². The van der Waals surface area contributed by atoms with Crippen molar-refractivity contribution in [1.29, 1.82) is 0 Å². The van der Waals surface area contributed by atoms with Gasteiger partial charge in [0.2, 0.25) is 0 Å². The molecule has 1 fully saturated rings. The molecule has 0 bridgehead atoms. The number of rotatable bonds is 4. The van der Waals surface area contributed by atoms with Gasteiger partial charge in [0.25, 0.3) is 5.91 Å². The molecule has 2 N–H and O–H groups in total. The Kier molecular flexibility index (Phi) is 4.65. The van der Waals surface area contributed by atoms with Gasteiger partial charge in [-0.2, -0.15) is 9.78 Å². The number of likely N-dealkylation sites (tertiary alicyclic amines) is 1. The van der Waals surface area contributed by atoms with Crippen LogP contribution in [0.4, 0.5) is 0 Å². The predicted octanol–water partition coefficient (Wildman–Crippen LogP) is 0.0493. The van der Waals surface area contributed by atoms with Crippen LogP contribution in [-0.4, -0.2) is 84.5 Å². The normalized spacial score (nSPS) is 22.6. The number of aliphatic hydroxyl groups excluding tert-OH is 1. The number of H-pyrrole nitrogens is 1. The average Bonchev–Trinajstić information content (AvgIpc) is 3.39. The summed E-state index contributed by atoms with van der Waals surface area (Å²) in [6.45, 7) is 0.743. The van der Waals surface area contributed by atoms with Crippen LogP contribution in [0.25, 0.3) is 5.82 Å². The Labute approximate surface area is 161 Å². The van der Waals surface area contributed by atoms with Crippen molar-refractivity contribution in [1.82, 2.24) is 40.2 Å². The zero-order valence-corrected chi connectivity index (χ0v) is 15.7. The lowest BCUT2D eigenvalue weighted by molar-refractivity contribution is -0.0613. The van der Waals surface area contributed by atoms with E-state index in [1.165, 1.54) is 11.0 Å². The predicted molar refractivity (Wildman–Crippen MR) is 99.6 cm³/mol. The maximum absolute atomic E-state index is 12.9. The largest absolute Gasteiger partial charge is 0.389 e. The summed E-state index contributed by atoms with van der Waals surface area (Å²) in [5.41, 5.74) is 0.834. The second-order valence-electron chi connectivity index (χ2n) is 7.10. The Morgan fingerprint density at radius 2 is 2.11 bits per heavy atom. The Morgan fingerprint density at radius 3 is 2.75 bits per heavy atom. The molecule has 1 saturated heterocycles. The van der Waals surface area contributed by atoms with Crippen molar-refractivity contribution in [2.24, 2.45) is 0 Å². The van der Waals surface area contributed by atoms with E-state index in [-0.39, 0.29) is 12.5 Å². The number of amides is 1. The smallest absolute Gasteiger partial charge is 0.272 e. The number of carbonyl (C=O) groups excluding carboxylic acids is 1. The van der Waals surface area contributed by atoms with Crippen LogP contribution in [0.15, 0.2) is 42.7 Å². The molecule has 1 aliphatic heterocycles. The van der Waals surface area contributed by atoms with Crippen molar-refractivity contribution < 1.29 is 9.90 Å². The number of tetrazole rings is 1. The van der Waals surface area contributed by atoms with E-state index in [1.807, 2.05) is 49.3 Å². The van der Waals surface area contributed by atoms with Crippen LogP contribution < -0.4 is 0 Å². The maximum Gasteiger partial charge on any atom is 0.272 e. The summed E-state index contributed by atoms with van der Waals surface area (Å²) in [5.74, 6) is 0.212. The molecule has 2 aromatic heterocycles. The van der Waals surface area contributed by atoms with E-state index in [0.717, 1.165) is 5.56 Å². The van der Waals surface area contributed by atoms with Crippen molar-refractivity contribution in [3.8, 4) is 5.82 Å². The number of nitrogens with one attached hydrogen (secondary N) is 1. The van der Waals surface area contributed by atoms with E-state index >= 15 is 0 Å². The number of carbonyl (C=O) groups is 1. The van der Waals surface area contributed by atoms with Gasteiger partial charge in [0.15, 0.2) is 5.82 Å². The molecule has 28 heavy (non-hydrogen) atoms. The standard InChI is InChI=1S/C18H22N8O2/c1-24(2)18(13-6-4-3-5-7-13)8-9-25(11-15(18)27)17(28)14-10-16(21-20-14)26-12-19-22-23-26/h3-7,10,12,15,27H,8-9,11H2,1-2H3,(H,20,21)/t15-,18+/m1/s1. The molecule has 3 aromatic rings. The summed E-state index contributed by atoms with van der Waals surface area (Å²) in [5, 5.41) is 28.8. The van der Waals surface area contributed by atoms with Crippen molar-refractivity contribution >= 4 is 5.91 Å². The molecule has 2 atom stereocenters. The molecule has 4 rings (SSSR count). The van der Waals surface area contributed by atoms with E-state index in [0.29, 0.717) is 24.5 Å². The van der Waals surface area contributed by atoms with Crippen molar-refractivity contribution in [3.05, 3.63) is 54.0 Å². The highest BCUT2D eigenvalue weighted by atomic mass is 16.3. The summed E-state index contributed by atoms with van der Waals surface area (Å²) in [7, 11) is 3.92. The molecule has 146 valence electrons. The number of likely N-dealkylation sites (N-methyl/N-ethyl adjacent to an activating group) is 1. The first-order valence-corrected chi connectivity index (χ1v) is 9.01. The lowest BCUT2D eigenvalue weighted by Gasteiger charge is -2.49. The van der Waals surface area contributed by atoms with Gasteiger partial charge in [-0.25, -0.2) is 0 Å². The van der Waals surface area contributed by atoms with Crippen molar-refractivity contribution in [2.75, 3.05) is 27.2 Å². The molecule has 0 saturated carbocycles. The number of piperidine rings is 1. The van der Waals surface area contributed by atoms with Gasteiger partial charge in [-0.1, -0.05) is 30.3 Å². The van der Waals surface area contributed by atoms with E-state index in [1.54, 1.807) is 11.0 Å². The number of aromatic nitrogens is 6. The minimum absolute atomic E-state index is 0.216. The molecular weight excluding hydrogens is 360 g/mol. The molecule has 0 spiro atoms. The maximum atomic E-state index is 12.9. The number of β-amino-alcohol motifs (C(OH)–C–C–N with tert-alkyl or cyclic N) is 1. The second-order valence-corrected chi connectivity index (χ2v) is 7.10. The first-order valence-electron chi connectivity index (χ1n) is 9.01. The van der Waals surface area contributed by atoms with Gasteiger partial charge in [-0.05, 0) is 36.5 Å². The van der Waals surface area contributed by atoms with Gasteiger partial charge in [-0.15, -0.1) is 5.10 Å². The van der Waals surface area contributed by atoms with E-state index < -0.39 is 11.6 Å². The molecule has 3 heterocycles. The van der Waals surface area contributed by atoms with Gasteiger partial charge in [-0.3, -0.25) is 14.8 Å². The highest BCUT2D eigenvalue weighted by Crippen LogP contribution is 2.37. The lowest BCUT2D eigenvalue weighted by atomic mass is 9.77. The fourth-order valence-corrected chi connectivity index (χ4v) is 3.93. The number of hydrogen-bond donors (Lipinski definition) is 2. The average molecular weight is 382 g/mol. The Hall–Kier alpha value is -3.11. The molecular formula is C18H22N8O2. The summed E-state index contributed by atoms with van der Waals surface area (Å²) < 4.78 is 1.37. The highest BCUT2D eigenvalue weighted by Gasteiger charge is 2.46. The lowest BCUT2D eigenvalue weighted by Crippen LogP contribution is -2.60. The molecule has 0 radical (unpaired) electrons. The van der Waals surface area contributed by atoms with Crippen LogP contribution >= 0.6 is 0 Å². The van der Waals surface area contributed by atoms with Crippen LogP contribution in [-0.2, 0) is 5.54 Å². The van der Waals surface area contributed by atoms with Crippen molar-refractivity contribution in [2.45, 2.75) is 18.1 Å². The zero-order chi connectivity index (χ0) is 19.7. The highest BCUT2D eigenvalue weighted by molar-refractivity contribution is 5.92. The molecule has 0 unspecified atom stereocenters. The minimum Gasteiger partial charge on any atom is -0.389 e. The van der Waals surface area contributed by atoms with Crippen LogP contribution in [0.2, 0.25) is 0 Å². The summed E-state index contributed by atoms with van der Waals surface area (Å²) >= 11 is 0. The number of hydrogen-bond acceptors (Lipinski definition) is 7. The number of aliphatic hydroxyl groups is 1. The summed E-state index contributed by atoms with van der Waals surface area (Å²) in [6.07, 6.45) is 1.29. The third kappa shape index (κ3) is 2.96. The third-order valence-corrected chi connectivity index (χ3v) is 5.44. The van der Waals surface area contributed by atoms with Crippen LogP contribution in [0, 0.1) is 0 Å². The Bertz CT molecular complexity index is 940. The molecule has 1 aliphatic rings. The summed E-state index contributed by atoms with van der Waals surface area (Å²) in [6, 6.07) is 11.5. The zero-order valence-electron chi connectivity index (χ0n) is 15.7. The summed E-state index contributed by atoms with van der Waals surface area (Å²) in [4.78, 5) is 16.6. The number of benzene rings is 1. The van der Waals surface area contributed by atoms with Crippen LogP contribution in [0.3, 0.4) is 0 Å². The Balaban J connectivity index is 1.54. The van der Waals surface area contributed by atoms with Gasteiger partial charge in [0.05, 0.1) is 11.6 Å². The monoisotopic (exact) mass is 382 g/mol. The fourth-order valence-electron chi connectivity index (χ4n) is 3.93. The topological polar surface area (TPSA) is 116 Å². The van der Waals surface area contributed by atoms with Crippen LogP contribution in [0.5, 0.6) is 0 Å². The molecule has 1 aromatic carbocycles. The van der Waals surface area contributed by atoms with E-state index in [9.17, 15) is 9.90 Å². The third-order valence-electron chi connectivity index (χ3n) is 5.44. The first kappa shape index (κ1) is 18.3.